The zero-order valence-corrected chi connectivity index (χ0v) is 15.8. The molecular formula is C19H21Cl2NO3. The van der Waals surface area contributed by atoms with Crippen LogP contribution < -0.4 is 5.32 Å². The van der Waals surface area contributed by atoms with E-state index < -0.39 is 23.8 Å². The van der Waals surface area contributed by atoms with Gasteiger partial charge in [0, 0.05) is 10.0 Å². The third kappa shape index (κ3) is 5.92. The number of aliphatic hydroxyl groups excluding tert-OH is 1. The number of ether oxygens (including phenoxy) is 1. The maximum absolute atomic E-state index is 12.2. The second kappa shape index (κ2) is 8.09. The van der Waals surface area contributed by atoms with Crippen molar-refractivity contribution in [2.45, 2.75) is 38.5 Å². The van der Waals surface area contributed by atoms with Gasteiger partial charge >= 0.3 is 6.09 Å². The highest BCUT2D eigenvalue weighted by molar-refractivity contribution is 6.30. The van der Waals surface area contributed by atoms with Gasteiger partial charge in [-0.1, -0.05) is 47.5 Å². The molecule has 2 N–H and O–H groups in total. The second-order valence-corrected chi connectivity index (χ2v) is 7.55. The lowest BCUT2D eigenvalue weighted by molar-refractivity contribution is 0.0419. The van der Waals surface area contributed by atoms with Crippen LogP contribution in [0.4, 0.5) is 4.79 Å². The Balaban J connectivity index is 2.31. The minimum absolute atomic E-state index is 0.503. The molecule has 0 unspecified atom stereocenters. The minimum atomic E-state index is -1.01. The molecule has 1 amide bonds. The summed E-state index contributed by atoms with van der Waals surface area (Å²) in [5.74, 6) is 0. The highest BCUT2D eigenvalue weighted by atomic mass is 35.5. The Labute approximate surface area is 157 Å². The van der Waals surface area contributed by atoms with E-state index in [-0.39, 0.29) is 0 Å². The summed E-state index contributed by atoms with van der Waals surface area (Å²) in [5, 5.41) is 14.6. The molecule has 2 rings (SSSR count). The van der Waals surface area contributed by atoms with Crippen molar-refractivity contribution in [3.63, 3.8) is 0 Å². The quantitative estimate of drug-likeness (QED) is 0.755. The Morgan fingerprint density at radius 2 is 1.68 bits per heavy atom. The number of hydrogen-bond donors (Lipinski definition) is 2. The van der Waals surface area contributed by atoms with E-state index in [1.54, 1.807) is 69.3 Å². The first-order valence-electron chi connectivity index (χ1n) is 7.84. The molecule has 0 saturated heterocycles. The zero-order chi connectivity index (χ0) is 18.6. The molecule has 2 aromatic rings. The summed E-state index contributed by atoms with van der Waals surface area (Å²) in [6.07, 6.45) is -1.62. The van der Waals surface area contributed by atoms with Crippen molar-refractivity contribution in [2.75, 3.05) is 0 Å². The molecule has 0 radical (unpaired) electrons. The lowest BCUT2D eigenvalue weighted by Crippen LogP contribution is -2.37. The lowest BCUT2D eigenvalue weighted by Gasteiger charge is -2.27. The molecule has 0 saturated carbocycles. The fourth-order valence-corrected chi connectivity index (χ4v) is 2.66. The van der Waals surface area contributed by atoms with Gasteiger partial charge in [0.15, 0.2) is 0 Å². The molecule has 0 aliphatic heterocycles. The average molecular weight is 382 g/mol. The Hall–Kier alpha value is -1.75. The number of halogens is 2. The van der Waals surface area contributed by atoms with Gasteiger partial charge in [-0.15, -0.1) is 0 Å². The number of rotatable bonds is 4. The van der Waals surface area contributed by atoms with Crippen LogP contribution in [0.3, 0.4) is 0 Å². The van der Waals surface area contributed by atoms with E-state index in [9.17, 15) is 9.90 Å². The zero-order valence-electron chi connectivity index (χ0n) is 14.3. The molecule has 0 spiro atoms. The van der Waals surface area contributed by atoms with Crippen molar-refractivity contribution in [1.82, 2.24) is 5.32 Å². The van der Waals surface area contributed by atoms with Gasteiger partial charge in [-0.05, 0) is 56.2 Å². The predicted octanol–water partition coefficient (Wildman–Crippen LogP) is 5.29. The molecule has 0 aliphatic rings. The first kappa shape index (κ1) is 19.6. The van der Waals surface area contributed by atoms with Crippen LogP contribution in [-0.2, 0) is 4.74 Å². The monoisotopic (exact) mass is 381 g/mol. The summed E-state index contributed by atoms with van der Waals surface area (Å²) in [4.78, 5) is 12.2. The first-order chi connectivity index (χ1) is 11.7. The number of amides is 1. The van der Waals surface area contributed by atoms with E-state index in [0.29, 0.717) is 21.2 Å². The number of hydrogen-bond acceptors (Lipinski definition) is 3. The lowest BCUT2D eigenvalue weighted by atomic mass is 9.96. The number of nitrogens with one attached hydrogen (secondary N) is 1. The van der Waals surface area contributed by atoms with Gasteiger partial charge in [-0.3, -0.25) is 0 Å². The maximum atomic E-state index is 12.2. The fourth-order valence-electron chi connectivity index (χ4n) is 2.33. The molecule has 2 atom stereocenters. The maximum Gasteiger partial charge on any atom is 0.408 e. The highest BCUT2D eigenvalue weighted by Crippen LogP contribution is 2.31. The summed E-state index contributed by atoms with van der Waals surface area (Å²) in [6.45, 7) is 5.33. The van der Waals surface area contributed by atoms with Gasteiger partial charge in [0.25, 0.3) is 0 Å². The molecule has 2 aromatic carbocycles. The number of benzene rings is 2. The van der Waals surface area contributed by atoms with Crippen molar-refractivity contribution < 1.29 is 14.6 Å². The van der Waals surface area contributed by atoms with E-state index in [0.717, 1.165) is 0 Å². The number of carbonyl (C=O) groups is 1. The van der Waals surface area contributed by atoms with E-state index in [1.165, 1.54) is 0 Å². The molecule has 4 nitrogen and oxygen atoms in total. The van der Waals surface area contributed by atoms with Crippen molar-refractivity contribution >= 4 is 29.3 Å². The second-order valence-electron chi connectivity index (χ2n) is 6.68. The van der Waals surface area contributed by atoms with E-state index >= 15 is 0 Å². The first-order valence-corrected chi connectivity index (χ1v) is 8.60. The third-order valence-electron chi connectivity index (χ3n) is 3.41. The van der Waals surface area contributed by atoms with Gasteiger partial charge in [-0.2, -0.15) is 0 Å². The Kier molecular flexibility index (Phi) is 6.33. The summed E-state index contributed by atoms with van der Waals surface area (Å²) in [5.41, 5.74) is 0.640. The van der Waals surface area contributed by atoms with Crippen molar-refractivity contribution in [1.29, 1.82) is 0 Å². The summed E-state index contributed by atoms with van der Waals surface area (Å²) in [6, 6.07) is 13.0. The number of aliphatic hydroxyl groups is 1. The molecule has 6 heteroatoms. The average Bonchev–Trinajstić information content (AvgIpc) is 2.51. The molecule has 134 valence electrons. The minimum Gasteiger partial charge on any atom is -0.444 e. The van der Waals surface area contributed by atoms with Crippen LogP contribution in [0.1, 0.15) is 44.0 Å². The van der Waals surface area contributed by atoms with Gasteiger partial charge in [0.2, 0.25) is 0 Å². The van der Waals surface area contributed by atoms with Crippen molar-refractivity contribution in [3.8, 4) is 0 Å². The van der Waals surface area contributed by atoms with Crippen LogP contribution in [-0.4, -0.2) is 16.8 Å². The van der Waals surface area contributed by atoms with Crippen molar-refractivity contribution in [2.24, 2.45) is 0 Å². The summed E-state index contributed by atoms with van der Waals surface area (Å²) >= 11 is 11.9. The smallest absolute Gasteiger partial charge is 0.408 e. The molecule has 0 aliphatic carbocycles. The predicted molar refractivity (Wildman–Crippen MR) is 100.0 cm³/mol. The molecular weight excluding hydrogens is 361 g/mol. The summed E-state index contributed by atoms with van der Waals surface area (Å²) < 4.78 is 5.31. The fraction of sp³-hybridized carbons (Fsp3) is 0.316. The van der Waals surface area contributed by atoms with Crippen LogP contribution in [0.15, 0.2) is 48.5 Å². The van der Waals surface area contributed by atoms with Gasteiger partial charge < -0.3 is 15.2 Å². The van der Waals surface area contributed by atoms with Crippen molar-refractivity contribution in [3.05, 3.63) is 69.7 Å². The highest BCUT2D eigenvalue weighted by Gasteiger charge is 2.27. The topological polar surface area (TPSA) is 58.6 Å². The SMILES string of the molecule is CC(C)(C)OC(=O)N[C@H](c1ccc(Cl)cc1)[C@H](O)c1cccc(Cl)c1. The standard InChI is InChI=1S/C19H21Cl2NO3/c1-19(2,3)25-18(24)22-16(12-7-9-14(20)10-8-12)17(23)13-5-4-6-15(21)11-13/h4-11,16-17,23H,1-3H3,(H,22,24)/t16-,17-/m1/s1. The van der Waals surface area contributed by atoms with Crippen LogP contribution in [0.5, 0.6) is 0 Å². The Morgan fingerprint density at radius 1 is 1.04 bits per heavy atom. The van der Waals surface area contributed by atoms with Crippen LogP contribution >= 0.6 is 23.2 Å². The molecule has 0 bridgehead atoms. The number of alkyl carbamates (subject to hydrolysis) is 1. The summed E-state index contributed by atoms with van der Waals surface area (Å²) in [7, 11) is 0. The van der Waals surface area contributed by atoms with Crippen LogP contribution in [0.2, 0.25) is 10.0 Å². The molecule has 25 heavy (non-hydrogen) atoms. The van der Waals surface area contributed by atoms with Gasteiger partial charge in [-0.25, -0.2) is 4.79 Å². The van der Waals surface area contributed by atoms with E-state index in [2.05, 4.69) is 5.32 Å². The van der Waals surface area contributed by atoms with Crippen LogP contribution in [0, 0.1) is 0 Å². The Bertz CT molecular complexity index is 726. The molecule has 0 fully saturated rings. The Morgan fingerprint density at radius 3 is 2.24 bits per heavy atom. The third-order valence-corrected chi connectivity index (χ3v) is 3.89. The largest absolute Gasteiger partial charge is 0.444 e. The van der Waals surface area contributed by atoms with Gasteiger partial charge in [0.1, 0.15) is 11.7 Å². The molecule has 0 heterocycles. The van der Waals surface area contributed by atoms with E-state index in [1.807, 2.05) is 0 Å². The van der Waals surface area contributed by atoms with E-state index in [4.69, 9.17) is 27.9 Å². The number of carbonyl (C=O) groups excluding carboxylic acids is 1. The molecule has 0 aromatic heterocycles. The van der Waals surface area contributed by atoms with Crippen LogP contribution in [0.25, 0.3) is 0 Å². The van der Waals surface area contributed by atoms with Gasteiger partial charge in [0.05, 0.1) is 6.04 Å². The normalized spacial score (nSPS) is 13.8.